The summed E-state index contributed by atoms with van der Waals surface area (Å²) in [6.45, 7) is 4.79. The van der Waals surface area contributed by atoms with Crippen molar-refractivity contribution in [3.63, 3.8) is 0 Å². The Balaban J connectivity index is 1.90. The van der Waals surface area contributed by atoms with Crippen LogP contribution in [0.3, 0.4) is 0 Å². The van der Waals surface area contributed by atoms with Crippen molar-refractivity contribution in [2.45, 2.75) is 25.8 Å². The lowest BCUT2D eigenvalue weighted by molar-refractivity contribution is 0.210. The molecule has 15 heavy (non-hydrogen) atoms. The van der Waals surface area contributed by atoms with E-state index in [0.717, 1.165) is 11.8 Å². The van der Waals surface area contributed by atoms with Gasteiger partial charge in [-0.15, -0.1) is 0 Å². The molecule has 2 nitrogen and oxygen atoms in total. The largest absolute Gasteiger partial charge is 0.382 e. The minimum absolute atomic E-state index is 0.712. The summed E-state index contributed by atoms with van der Waals surface area (Å²) in [5.41, 5.74) is 3.05. The van der Waals surface area contributed by atoms with Gasteiger partial charge in [-0.1, -0.05) is 19.1 Å². The molecule has 0 radical (unpaired) electrons. The second-order valence-electron chi connectivity index (χ2n) is 5.36. The molecule has 0 spiro atoms. The molecule has 0 amide bonds. The molecule has 2 heteroatoms. The average Bonchev–Trinajstić information content (AvgIpc) is 2.56. The highest BCUT2D eigenvalue weighted by Crippen LogP contribution is 2.38. The maximum absolute atomic E-state index is 3.70. The van der Waals surface area contributed by atoms with E-state index in [9.17, 15) is 0 Å². The van der Waals surface area contributed by atoms with E-state index in [4.69, 9.17) is 0 Å². The molecule has 2 saturated heterocycles. The van der Waals surface area contributed by atoms with Crippen molar-refractivity contribution in [2.75, 3.05) is 20.1 Å². The number of allylic oxidation sites excluding steroid dienone is 3. The van der Waals surface area contributed by atoms with E-state index in [1.807, 2.05) is 0 Å². The van der Waals surface area contributed by atoms with Crippen molar-refractivity contribution >= 4 is 0 Å². The molecule has 3 atom stereocenters. The lowest BCUT2D eigenvalue weighted by atomic mass is 9.85. The first-order valence-corrected chi connectivity index (χ1v) is 6.11. The van der Waals surface area contributed by atoms with Crippen molar-refractivity contribution in [3.8, 4) is 0 Å². The molecule has 1 N–H and O–H groups in total. The van der Waals surface area contributed by atoms with Gasteiger partial charge in [0.25, 0.3) is 0 Å². The summed E-state index contributed by atoms with van der Waals surface area (Å²) < 4.78 is 0. The smallest absolute Gasteiger partial charge is 0.0354 e. The van der Waals surface area contributed by atoms with Crippen LogP contribution in [0.5, 0.6) is 0 Å². The summed E-state index contributed by atoms with van der Waals surface area (Å²) in [5.74, 6) is 1.48. The molecule has 1 aliphatic carbocycles. The van der Waals surface area contributed by atoms with E-state index >= 15 is 0 Å². The van der Waals surface area contributed by atoms with Crippen LogP contribution in [-0.4, -0.2) is 31.1 Å². The average molecular weight is 204 g/mol. The van der Waals surface area contributed by atoms with Gasteiger partial charge in [-0.3, -0.25) is 0 Å². The predicted octanol–water partition coefficient (Wildman–Crippen LogP) is 1.76. The van der Waals surface area contributed by atoms with Gasteiger partial charge in [0, 0.05) is 24.2 Å². The molecule has 0 saturated carbocycles. The number of likely N-dealkylation sites (tertiary alicyclic amines) is 1. The van der Waals surface area contributed by atoms with Gasteiger partial charge in [0.1, 0.15) is 0 Å². The molecule has 0 aromatic carbocycles. The zero-order valence-electron chi connectivity index (χ0n) is 9.66. The maximum Gasteiger partial charge on any atom is 0.0354 e. The molecule has 3 rings (SSSR count). The summed E-state index contributed by atoms with van der Waals surface area (Å²) in [6.07, 6.45) is 7.40. The van der Waals surface area contributed by atoms with Crippen LogP contribution >= 0.6 is 0 Å². The van der Waals surface area contributed by atoms with Crippen LogP contribution in [0.1, 0.15) is 19.8 Å². The fraction of sp³-hybridized carbons (Fsp3) is 0.692. The Hall–Kier alpha value is -0.760. The van der Waals surface area contributed by atoms with Crippen molar-refractivity contribution in [1.29, 1.82) is 0 Å². The molecular weight excluding hydrogens is 184 g/mol. The Bertz CT molecular complexity index is 329. The van der Waals surface area contributed by atoms with Crippen molar-refractivity contribution in [3.05, 3.63) is 23.4 Å². The van der Waals surface area contributed by atoms with Crippen LogP contribution in [0.4, 0.5) is 0 Å². The van der Waals surface area contributed by atoms with E-state index in [2.05, 4.69) is 36.3 Å². The van der Waals surface area contributed by atoms with Crippen molar-refractivity contribution < 1.29 is 0 Å². The Kier molecular flexibility index (Phi) is 2.13. The van der Waals surface area contributed by atoms with Gasteiger partial charge >= 0.3 is 0 Å². The molecule has 2 fully saturated rings. The number of piperidine rings is 1. The molecule has 0 aromatic rings. The third-order valence-corrected chi connectivity index (χ3v) is 4.03. The second kappa shape index (κ2) is 3.38. The molecule has 2 aliphatic heterocycles. The predicted molar refractivity (Wildman–Crippen MR) is 62.5 cm³/mol. The van der Waals surface area contributed by atoms with Crippen LogP contribution in [0.25, 0.3) is 0 Å². The fourth-order valence-corrected chi connectivity index (χ4v) is 3.15. The zero-order chi connectivity index (χ0) is 10.4. The summed E-state index contributed by atoms with van der Waals surface area (Å²) in [5, 5.41) is 3.70. The Labute approximate surface area is 92.0 Å². The topological polar surface area (TPSA) is 15.3 Å². The molecule has 2 heterocycles. The normalized spacial score (nSPS) is 40.0. The zero-order valence-corrected chi connectivity index (χ0v) is 9.66. The minimum atomic E-state index is 0.712. The molecule has 1 unspecified atom stereocenters. The standard InChI is InChI=1S/C13H20N2/c1-9-3-4-12-10(7-9)11-8-15(2)6-5-13(11)14-12/h4,7,9,11,13-14H,3,5-6,8H2,1-2H3/t9?,11-,13+/m1/s1. The van der Waals surface area contributed by atoms with Gasteiger partial charge in [-0.05, 0) is 37.9 Å². The molecular formula is C13H20N2. The first-order chi connectivity index (χ1) is 7.24. The summed E-state index contributed by atoms with van der Waals surface area (Å²) >= 11 is 0. The molecule has 3 aliphatic rings. The number of hydrogen-bond donors (Lipinski definition) is 1. The Morgan fingerprint density at radius 2 is 2.33 bits per heavy atom. The van der Waals surface area contributed by atoms with Gasteiger partial charge < -0.3 is 10.2 Å². The van der Waals surface area contributed by atoms with E-state index in [1.54, 1.807) is 5.57 Å². The molecule has 0 aromatic heterocycles. The fourth-order valence-electron chi connectivity index (χ4n) is 3.15. The Morgan fingerprint density at radius 1 is 1.47 bits per heavy atom. The van der Waals surface area contributed by atoms with Crippen molar-refractivity contribution in [2.24, 2.45) is 11.8 Å². The number of nitrogens with zero attached hydrogens (tertiary/aromatic N) is 1. The monoisotopic (exact) mass is 204 g/mol. The van der Waals surface area contributed by atoms with Gasteiger partial charge in [0.05, 0.1) is 0 Å². The molecule has 82 valence electrons. The van der Waals surface area contributed by atoms with Crippen LogP contribution < -0.4 is 5.32 Å². The Morgan fingerprint density at radius 3 is 3.20 bits per heavy atom. The van der Waals surface area contributed by atoms with Gasteiger partial charge in [0.15, 0.2) is 0 Å². The summed E-state index contributed by atoms with van der Waals surface area (Å²) in [7, 11) is 2.24. The van der Waals surface area contributed by atoms with E-state index in [-0.39, 0.29) is 0 Å². The number of rotatable bonds is 0. The lowest BCUT2D eigenvalue weighted by Gasteiger charge is -2.32. The summed E-state index contributed by atoms with van der Waals surface area (Å²) in [4.78, 5) is 2.46. The first kappa shape index (κ1) is 9.46. The second-order valence-corrected chi connectivity index (χ2v) is 5.36. The highest BCUT2D eigenvalue weighted by molar-refractivity contribution is 5.41. The molecule has 0 bridgehead atoms. The quantitative estimate of drug-likeness (QED) is 0.647. The third-order valence-electron chi connectivity index (χ3n) is 4.03. The van der Waals surface area contributed by atoms with Gasteiger partial charge in [-0.2, -0.15) is 0 Å². The van der Waals surface area contributed by atoms with Crippen LogP contribution in [0, 0.1) is 11.8 Å². The van der Waals surface area contributed by atoms with Crippen LogP contribution in [0.15, 0.2) is 23.4 Å². The highest BCUT2D eigenvalue weighted by Gasteiger charge is 2.38. The van der Waals surface area contributed by atoms with Crippen LogP contribution in [-0.2, 0) is 0 Å². The maximum atomic E-state index is 3.70. The summed E-state index contributed by atoms with van der Waals surface area (Å²) in [6, 6.07) is 0.712. The van der Waals surface area contributed by atoms with Gasteiger partial charge in [-0.25, -0.2) is 0 Å². The van der Waals surface area contributed by atoms with Crippen molar-refractivity contribution in [1.82, 2.24) is 10.2 Å². The third kappa shape index (κ3) is 1.51. The minimum Gasteiger partial charge on any atom is -0.382 e. The van der Waals surface area contributed by atoms with E-state index in [1.165, 1.54) is 31.6 Å². The number of hydrogen-bond acceptors (Lipinski definition) is 2. The number of fused-ring (bicyclic) bond motifs is 3. The van der Waals surface area contributed by atoms with Crippen LogP contribution in [0.2, 0.25) is 0 Å². The first-order valence-electron chi connectivity index (χ1n) is 6.11. The lowest BCUT2D eigenvalue weighted by Crippen LogP contribution is -2.42. The van der Waals surface area contributed by atoms with Gasteiger partial charge in [0.2, 0.25) is 0 Å². The van der Waals surface area contributed by atoms with E-state index in [0.29, 0.717) is 6.04 Å². The SMILES string of the molecule is CC1C=C2C(=CC1)N[C@H]1CCN(C)C[C@H]21. The number of nitrogens with one attached hydrogen (secondary N) is 1. The van der Waals surface area contributed by atoms with E-state index < -0.39 is 0 Å². The highest BCUT2D eigenvalue weighted by atomic mass is 15.1.